The summed E-state index contributed by atoms with van der Waals surface area (Å²) in [6.07, 6.45) is -0.000160. The smallest absolute Gasteiger partial charge is 0.300 e. The van der Waals surface area contributed by atoms with Gasteiger partial charge in [0.05, 0.1) is 18.8 Å². The van der Waals surface area contributed by atoms with Gasteiger partial charge in [0, 0.05) is 17.3 Å². The van der Waals surface area contributed by atoms with E-state index < -0.39 is 17.7 Å². The highest BCUT2D eigenvalue weighted by molar-refractivity contribution is 6.51. The largest absolute Gasteiger partial charge is 0.507 e. The predicted molar refractivity (Wildman–Crippen MR) is 123 cm³/mol. The summed E-state index contributed by atoms with van der Waals surface area (Å²) in [7, 11) is 1.52. The van der Waals surface area contributed by atoms with Gasteiger partial charge in [-0.15, -0.1) is 0 Å². The molecule has 1 N–H and O–H groups in total. The van der Waals surface area contributed by atoms with Crippen molar-refractivity contribution >= 4 is 23.1 Å². The first-order chi connectivity index (χ1) is 15.8. The zero-order valence-electron chi connectivity index (χ0n) is 18.9. The van der Waals surface area contributed by atoms with Gasteiger partial charge < -0.3 is 19.0 Å². The minimum absolute atomic E-state index is 0.000160. The number of benzene rings is 2. The third-order valence-corrected chi connectivity index (χ3v) is 5.31. The van der Waals surface area contributed by atoms with E-state index in [4.69, 9.17) is 13.9 Å². The molecule has 1 aliphatic rings. The van der Waals surface area contributed by atoms with E-state index in [1.165, 1.54) is 12.0 Å². The number of nitrogens with zero attached hydrogens (tertiary/aromatic N) is 1. The molecule has 0 bridgehead atoms. The zero-order valence-corrected chi connectivity index (χ0v) is 18.9. The van der Waals surface area contributed by atoms with Crippen LogP contribution < -0.4 is 14.4 Å². The Labute approximate surface area is 191 Å². The Balaban J connectivity index is 1.85. The van der Waals surface area contributed by atoms with Crippen molar-refractivity contribution in [3.8, 4) is 11.5 Å². The molecule has 0 radical (unpaired) electrons. The Morgan fingerprint density at radius 1 is 1.03 bits per heavy atom. The Hall–Kier alpha value is -4.00. The van der Waals surface area contributed by atoms with Crippen LogP contribution in [0.5, 0.6) is 11.5 Å². The van der Waals surface area contributed by atoms with Crippen LogP contribution in [0.1, 0.15) is 37.0 Å². The standard InChI is InChI=1S/C26H25NO6/c1-15(2)32-19-11-9-17(10-12-19)24(28)22-23(21-13-8-16(3)33-21)27(26(30)25(22)29)18-6-5-7-20(14-18)31-4/h5-15,23,28H,1-4H3/b24-22-. The number of ketones is 1. The van der Waals surface area contributed by atoms with Gasteiger partial charge >= 0.3 is 0 Å². The van der Waals surface area contributed by atoms with Crippen LogP contribution >= 0.6 is 0 Å². The lowest BCUT2D eigenvalue weighted by atomic mass is 9.99. The molecule has 1 aliphatic heterocycles. The van der Waals surface area contributed by atoms with Crippen molar-refractivity contribution in [2.45, 2.75) is 32.9 Å². The minimum Gasteiger partial charge on any atom is -0.507 e. The number of Topliss-reactive ketones (excluding diaryl/α,β-unsaturated/α-hetero) is 1. The average Bonchev–Trinajstić information content (AvgIpc) is 3.34. The lowest BCUT2D eigenvalue weighted by Crippen LogP contribution is -2.29. The van der Waals surface area contributed by atoms with E-state index in [9.17, 15) is 14.7 Å². The van der Waals surface area contributed by atoms with Gasteiger partial charge in [0.15, 0.2) is 0 Å². The molecule has 1 unspecified atom stereocenters. The first kappa shape index (κ1) is 22.2. The summed E-state index contributed by atoms with van der Waals surface area (Å²) in [5.74, 6) is 0.322. The number of anilines is 1. The summed E-state index contributed by atoms with van der Waals surface area (Å²) in [6, 6.07) is 16.1. The van der Waals surface area contributed by atoms with Crippen LogP contribution in [0.4, 0.5) is 5.69 Å². The van der Waals surface area contributed by atoms with Gasteiger partial charge in [-0.3, -0.25) is 14.5 Å². The van der Waals surface area contributed by atoms with Crippen molar-refractivity contribution in [3.63, 3.8) is 0 Å². The zero-order chi connectivity index (χ0) is 23.7. The van der Waals surface area contributed by atoms with Crippen molar-refractivity contribution < 1.29 is 28.6 Å². The Morgan fingerprint density at radius 2 is 1.76 bits per heavy atom. The number of methoxy groups -OCH3 is 1. The number of carbonyl (C=O) groups is 2. The maximum absolute atomic E-state index is 13.2. The number of carbonyl (C=O) groups excluding carboxylic acids is 2. The molecule has 0 saturated carbocycles. The molecule has 1 atom stereocenters. The molecule has 1 fully saturated rings. The van der Waals surface area contributed by atoms with Crippen LogP contribution in [-0.2, 0) is 9.59 Å². The number of rotatable bonds is 6. The van der Waals surface area contributed by atoms with E-state index >= 15 is 0 Å². The summed E-state index contributed by atoms with van der Waals surface area (Å²) in [6.45, 7) is 5.60. The van der Waals surface area contributed by atoms with E-state index in [2.05, 4.69) is 0 Å². The minimum atomic E-state index is -0.933. The van der Waals surface area contributed by atoms with Crippen LogP contribution in [0.25, 0.3) is 5.76 Å². The van der Waals surface area contributed by atoms with Gasteiger partial charge in [-0.1, -0.05) is 6.07 Å². The van der Waals surface area contributed by atoms with Gasteiger partial charge in [-0.05, 0) is 69.3 Å². The predicted octanol–water partition coefficient (Wildman–Crippen LogP) is 5.01. The van der Waals surface area contributed by atoms with Crippen LogP contribution in [-0.4, -0.2) is 30.0 Å². The van der Waals surface area contributed by atoms with Gasteiger partial charge in [0.2, 0.25) is 0 Å². The van der Waals surface area contributed by atoms with Crippen molar-refractivity contribution in [1.82, 2.24) is 0 Å². The SMILES string of the molecule is COc1cccc(N2C(=O)C(=O)/C(=C(\O)c3ccc(OC(C)C)cc3)C2c2ccc(C)o2)c1. The fourth-order valence-electron chi connectivity index (χ4n) is 3.85. The van der Waals surface area contributed by atoms with Gasteiger partial charge in [0.25, 0.3) is 11.7 Å². The Bertz CT molecular complexity index is 1220. The topological polar surface area (TPSA) is 89.2 Å². The van der Waals surface area contributed by atoms with E-state index in [0.29, 0.717) is 34.3 Å². The molecule has 3 aromatic rings. The monoisotopic (exact) mass is 447 g/mol. The lowest BCUT2D eigenvalue weighted by Gasteiger charge is -2.23. The quantitative estimate of drug-likeness (QED) is 0.325. The average molecular weight is 447 g/mol. The summed E-state index contributed by atoms with van der Waals surface area (Å²) < 4.78 is 16.7. The molecule has 170 valence electrons. The van der Waals surface area contributed by atoms with Crippen LogP contribution in [0.15, 0.2) is 70.7 Å². The number of ether oxygens (including phenoxy) is 2. The summed E-state index contributed by atoms with van der Waals surface area (Å²) in [5, 5.41) is 11.2. The first-order valence-electron chi connectivity index (χ1n) is 10.6. The highest BCUT2D eigenvalue weighted by Crippen LogP contribution is 2.43. The van der Waals surface area contributed by atoms with E-state index in [1.54, 1.807) is 67.6 Å². The molecule has 33 heavy (non-hydrogen) atoms. The summed E-state index contributed by atoms with van der Waals surface area (Å²) in [4.78, 5) is 27.6. The number of aliphatic hydroxyl groups excluding tert-OH is 1. The third kappa shape index (κ3) is 4.22. The normalized spacial score (nSPS) is 17.6. The number of amides is 1. The van der Waals surface area contributed by atoms with Crippen molar-refractivity contribution in [1.29, 1.82) is 0 Å². The van der Waals surface area contributed by atoms with Crippen molar-refractivity contribution in [2.75, 3.05) is 12.0 Å². The van der Waals surface area contributed by atoms with Crippen LogP contribution in [0.3, 0.4) is 0 Å². The van der Waals surface area contributed by atoms with Gasteiger partial charge in [-0.25, -0.2) is 0 Å². The maximum Gasteiger partial charge on any atom is 0.300 e. The highest BCUT2D eigenvalue weighted by Gasteiger charge is 2.48. The fraction of sp³-hybridized carbons (Fsp3) is 0.231. The Morgan fingerprint density at radius 3 is 2.36 bits per heavy atom. The van der Waals surface area contributed by atoms with Crippen molar-refractivity contribution in [2.24, 2.45) is 0 Å². The van der Waals surface area contributed by atoms with E-state index in [1.807, 2.05) is 13.8 Å². The number of hydrogen-bond acceptors (Lipinski definition) is 6. The maximum atomic E-state index is 13.2. The molecule has 7 nitrogen and oxygen atoms in total. The molecule has 4 rings (SSSR count). The number of aryl methyl sites for hydroxylation is 1. The molecular weight excluding hydrogens is 422 g/mol. The first-order valence-corrected chi connectivity index (χ1v) is 10.6. The van der Waals surface area contributed by atoms with E-state index in [-0.39, 0.29) is 17.4 Å². The Kier molecular flexibility index (Phi) is 5.96. The van der Waals surface area contributed by atoms with Crippen molar-refractivity contribution in [3.05, 3.63) is 83.3 Å². The lowest BCUT2D eigenvalue weighted by molar-refractivity contribution is -0.132. The van der Waals surface area contributed by atoms with Gasteiger partial charge in [-0.2, -0.15) is 0 Å². The molecule has 1 aromatic heterocycles. The highest BCUT2D eigenvalue weighted by atomic mass is 16.5. The van der Waals surface area contributed by atoms with E-state index in [0.717, 1.165) is 0 Å². The summed E-state index contributed by atoms with van der Waals surface area (Å²) >= 11 is 0. The fourth-order valence-corrected chi connectivity index (χ4v) is 3.85. The van der Waals surface area contributed by atoms with Crippen LogP contribution in [0.2, 0.25) is 0 Å². The molecule has 1 saturated heterocycles. The van der Waals surface area contributed by atoms with Crippen LogP contribution in [0, 0.1) is 6.92 Å². The molecule has 0 spiro atoms. The van der Waals surface area contributed by atoms with Gasteiger partial charge in [0.1, 0.15) is 34.8 Å². The number of furan rings is 1. The molecule has 2 aromatic carbocycles. The number of aliphatic hydroxyl groups is 1. The summed E-state index contributed by atoms with van der Waals surface area (Å²) in [5.41, 5.74) is 0.799. The molecule has 0 aliphatic carbocycles. The molecule has 7 heteroatoms. The molecule has 2 heterocycles. The second-order valence-electron chi connectivity index (χ2n) is 8.01. The number of hydrogen-bond donors (Lipinski definition) is 1. The second-order valence-corrected chi connectivity index (χ2v) is 8.01. The third-order valence-electron chi connectivity index (χ3n) is 5.31. The molecule has 1 amide bonds. The molecular formula is C26H25NO6. The second kappa shape index (κ2) is 8.86.